The van der Waals surface area contributed by atoms with E-state index < -0.39 is 11.9 Å². The average molecular weight is 471 g/mol. The molecule has 1 aromatic heterocycles. The highest BCUT2D eigenvalue weighted by Gasteiger charge is 2.14. The van der Waals surface area contributed by atoms with Crippen LogP contribution in [0.15, 0.2) is 35.3 Å². The molecule has 0 atom stereocenters. The van der Waals surface area contributed by atoms with Crippen LogP contribution in [0.5, 0.6) is 17.2 Å². The first kappa shape index (κ1) is 24.1. The van der Waals surface area contributed by atoms with Crippen molar-refractivity contribution >= 4 is 39.5 Å². The quantitative estimate of drug-likeness (QED) is 0.387. The lowest BCUT2D eigenvalue weighted by molar-refractivity contribution is -0.141. The molecule has 33 heavy (non-hydrogen) atoms. The largest absolute Gasteiger partial charge is 0.493 e. The molecule has 0 unspecified atom stereocenters. The smallest absolute Gasteiger partial charge is 0.325 e. The van der Waals surface area contributed by atoms with Gasteiger partial charge in [-0.2, -0.15) is 4.99 Å². The van der Waals surface area contributed by atoms with E-state index in [1.807, 2.05) is 26.0 Å². The van der Waals surface area contributed by atoms with Gasteiger partial charge in [-0.05, 0) is 60.9 Å². The molecule has 0 saturated heterocycles. The van der Waals surface area contributed by atoms with Crippen LogP contribution in [0.25, 0.3) is 16.3 Å². The molecule has 3 aromatic rings. The van der Waals surface area contributed by atoms with Gasteiger partial charge in [-0.25, -0.2) is 0 Å². The second kappa shape index (κ2) is 10.4. The number of carbonyl (C=O) groups excluding carboxylic acids is 2. The van der Waals surface area contributed by atoms with Gasteiger partial charge in [0.15, 0.2) is 16.3 Å². The van der Waals surface area contributed by atoms with E-state index >= 15 is 0 Å². The normalized spacial score (nSPS) is 11.8. The minimum atomic E-state index is -0.470. The number of hydrogen-bond donors (Lipinski definition) is 0. The van der Waals surface area contributed by atoms with Crippen molar-refractivity contribution in [3.05, 3.63) is 51.8 Å². The number of aromatic nitrogens is 1. The first-order valence-corrected chi connectivity index (χ1v) is 10.9. The first-order chi connectivity index (χ1) is 15.8. The molecule has 0 radical (unpaired) electrons. The van der Waals surface area contributed by atoms with Crippen LogP contribution in [0.3, 0.4) is 0 Å². The average Bonchev–Trinajstić information content (AvgIpc) is 3.12. The highest BCUT2D eigenvalue weighted by molar-refractivity contribution is 7.16. The van der Waals surface area contributed by atoms with Crippen LogP contribution >= 0.6 is 11.3 Å². The van der Waals surface area contributed by atoms with Crippen molar-refractivity contribution in [3.63, 3.8) is 0 Å². The molecule has 174 valence electrons. The molecule has 8 nitrogen and oxygen atoms in total. The summed E-state index contributed by atoms with van der Waals surface area (Å²) in [5.41, 5.74) is 3.71. The fourth-order valence-electron chi connectivity index (χ4n) is 3.25. The predicted molar refractivity (Wildman–Crippen MR) is 127 cm³/mol. The molecule has 3 rings (SSSR count). The molecule has 2 aromatic carbocycles. The topological polar surface area (TPSA) is 88.4 Å². The Morgan fingerprint density at radius 3 is 2.18 bits per heavy atom. The van der Waals surface area contributed by atoms with Gasteiger partial charge >= 0.3 is 5.97 Å². The van der Waals surface area contributed by atoms with Crippen molar-refractivity contribution in [1.29, 1.82) is 0 Å². The molecule has 1 amide bonds. The zero-order valence-electron chi connectivity index (χ0n) is 19.4. The summed E-state index contributed by atoms with van der Waals surface area (Å²) >= 11 is 1.34. The summed E-state index contributed by atoms with van der Waals surface area (Å²) in [6, 6.07) is 7.47. The minimum absolute atomic E-state index is 0.0400. The maximum absolute atomic E-state index is 12.7. The van der Waals surface area contributed by atoms with Crippen LogP contribution < -0.4 is 19.0 Å². The number of thiazole rings is 1. The Morgan fingerprint density at radius 2 is 1.61 bits per heavy atom. The van der Waals surface area contributed by atoms with Crippen molar-refractivity contribution in [1.82, 2.24) is 4.57 Å². The van der Waals surface area contributed by atoms with Crippen LogP contribution in [-0.4, -0.2) is 44.9 Å². The number of carbonyl (C=O) groups is 2. The molecule has 0 aliphatic rings. The van der Waals surface area contributed by atoms with Crippen LogP contribution in [0.2, 0.25) is 0 Å². The summed E-state index contributed by atoms with van der Waals surface area (Å²) in [5.74, 6) is 0.532. The number of amides is 1. The van der Waals surface area contributed by atoms with Crippen molar-refractivity contribution < 1.29 is 28.5 Å². The van der Waals surface area contributed by atoms with Crippen LogP contribution in [0, 0.1) is 13.8 Å². The molecular weight excluding hydrogens is 444 g/mol. The van der Waals surface area contributed by atoms with Gasteiger partial charge in [0, 0.05) is 6.08 Å². The van der Waals surface area contributed by atoms with Gasteiger partial charge in [-0.3, -0.25) is 9.59 Å². The molecule has 0 N–H and O–H groups in total. The molecule has 9 heteroatoms. The van der Waals surface area contributed by atoms with Crippen molar-refractivity contribution in [3.8, 4) is 17.2 Å². The Balaban J connectivity index is 2.02. The third-order valence-electron chi connectivity index (χ3n) is 5.12. The summed E-state index contributed by atoms with van der Waals surface area (Å²) in [4.78, 5) is 29.3. The van der Waals surface area contributed by atoms with Crippen molar-refractivity contribution in [2.45, 2.75) is 20.4 Å². The molecule has 0 spiro atoms. The number of hydrogen-bond acceptors (Lipinski definition) is 7. The lowest BCUT2D eigenvalue weighted by atomic mass is 10.1. The number of ether oxygens (including phenoxy) is 4. The van der Waals surface area contributed by atoms with E-state index in [2.05, 4.69) is 4.99 Å². The molecule has 0 fully saturated rings. The lowest BCUT2D eigenvalue weighted by Gasteiger charge is -2.12. The van der Waals surface area contributed by atoms with Gasteiger partial charge < -0.3 is 23.5 Å². The maximum atomic E-state index is 12.7. The van der Waals surface area contributed by atoms with Crippen molar-refractivity contribution in [2.24, 2.45) is 4.99 Å². The number of aryl methyl sites for hydroxylation is 2. The van der Waals surface area contributed by atoms with Gasteiger partial charge in [-0.15, -0.1) is 0 Å². The second-order valence-electron chi connectivity index (χ2n) is 7.19. The summed E-state index contributed by atoms with van der Waals surface area (Å²) in [6.07, 6.45) is 2.96. The third-order valence-corrected chi connectivity index (χ3v) is 6.17. The molecule has 0 bridgehead atoms. The van der Waals surface area contributed by atoms with Crippen LogP contribution in [-0.2, 0) is 20.9 Å². The van der Waals surface area contributed by atoms with E-state index in [1.54, 1.807) is 22.8 Å². The maximum Gasteiger partial charge on any atom is 0.325 e. The molecule has 0 aliphatic heterocycles. The fraction of sp³-hybridized carbons (Fsp3) is 0.292. The zero-order chi connectivity index (χ0) is 24.1. The third kappa shape index (κ3) is 5.25. The molecule has 0 saturated carbocycles. The monoisotopic (exact) mass is 470 g/mol. The summed E-state index contributed by atoms with van der Waals surface area (Å²) in [7, 11) is 5.90. The summed E-state index contributed by atoms with van der Waals surface area (Å²) in [5, 5.41) is 0. The van der Waals surface area contributed by atoms with Gasteiger partial charge in [-0.1, -0.05) is 11.3 Å². The van der Waals surface area contributed by atoms with Crippen LogP contribution in [0.4, 0.5) is 0 Å². The van der Waals surface area contributed by atoms with E-state index in [9.17, 15) is 9.59 Å². The van der Waals surface area contributed by atoms with E-state index in [0.29, 0.717) is 27.6 Å². The van der Waals surface area contributed by atoms with Gasteiger partial charge in [0.2, 0.25) is 5.75 Å². The number of fused-ring (bicyclic) bond motifs is 1. The second-order valence-corrected chi connectivity index (χ2v) is 8.20. The summed E-state index contributed by atoms with van der Waals surface area (Å²) in [6.45, 7) is 3.97. The Labute approximate surface area is 195 Å². The zero-order valence-corrected chi connectivity index (χ0v) is 20.2. The standard InChI is InChI=1S/C24H26N2O6S/c1-14-9-17-20(10-15(14)2)33-24(26(17)13-22(28)31-5)25-21(27)8-7-16-11-18(29-3)23(32-6)19(12-16)30-4/h7-12H,13H2,1-6H3. The SMILES string of the molecule is COC(=O)Cn1c(=NC(=O)C=Cc2cc(OC)c(OC)c(OC)c2)sc2cc(C)c(C)cc21. The fourth-order valence-corrected chi connectivity index (χ4v) is 4.36. The highest BCUT2D eigenvalue weighted by atomic mass is 32.1. The number of methoxy groups -OCH3 is 4. The van der Waals surface area contributed by atoms with Crippen molar-refractivity contribution in [2.75, 3.05) is 28.4 Å². The lowest BCUT2D eigenvalue weighted by Crippen LogP contribution is -2.22. The molecule has 1 heterocycles. The first-order valence-electron chi connectivity index (χ1n) is 10.1. The van der Waals surface area contributed by atoms with Gasteiger partial charge in [0.05, 0.1) is 38.7 Å². The predicted octanol–water partition coefficient (Wildman–Crippen LogP) is 3.66. The highest BCUT2D eigenvalue weighted by Crippen LogP contribution is 2.38. The van der Waals surface area contributed by atoms with E-state index in [0.717, 1.165) is 21.3 Å². The number of nitrogens with zero attached hydrogens (tertiary/aromatic N) is 2. The van der Waals surface area contributed by atoms with E-state index in [-0.39, 0.29) is 6.54 Å². The Hall–Kier alpha value is -3.59. The Bertz CT molecular complexity index is 1280. The molecule has 0 aliphatic carbocycles. The van der Waals surface area contributed by atoms with E-state index in [4.69, 9.17) is 18.9 Å². The Morgan fingerprint density at radius 1 is 0.970 bits per heavy atom. The van der Waals surface area contributed by atoms with Crippen LogP contribution in [0.1, 0.15) is 16.7 Å². The van der Waals surface area contributed by atoms with Gasteiger partial charge in [0.1, 0.15) is 6.54 Å². The summed E-state index contributed by atoms with van der Waals surface area (Å²) < 4.78 is 23.5. The number of esters is 1. The Kier molecular flexibility index (Phi) is 7.55. The number of benzene rings is 2. The van der Waals surface area contributed by atoms with Gasteiger partial charge in [0.25, 0.3) is 5.91 Å². The van der Waals surface area contributed by atoms with E-state index in [1.165, 1.54) is 45.9 Å². The molecular formula is C24H26N2O6S. The number of rotatable bonds is 7. The minimum Gasteiger partial charge on any atom is -0.493 e.